The lowest BCUT2D eigenvalue weighted by atomic mass is 9.76. The number of hydrogen-bond donors (Lipinski definition) is 2. The minimum Gasteiger partial charge on any atom is -1.00 e. The summed E-state index contributed by atoms with van der Waals surface area (Å²) in [6, 6.07) is 20.6. The number of aliphatic hydroxyl groups excluding tert-OH is 2. The van der Waals surface area contributed by atoms with Gasteiger partial charge in [-0.3, -0.25) is 4.79 Å². The zero-order chi connectivity index (χ0) is 35.5. The van der Waals surface area contributed by atoms with Crippen LogP contribution in [-0.4, -0.2) is 46.5 Å². The van der Waals surface area contributed by atoms with Gasteiger partial charge in [-0.2, -0.15) is 4.58 Å². The second kappa shape index (κ2) is 13.4. The van der Waals surface area contributed by atoms with Gasteiger partial charge in [0.2, 0.25) is 11.5 Å². The summed E-state index contributed by atoms with van der Waals surface area (Å²) in [5.41, 5.74) is 6.94. The average molecular weight is 746 g/mol. The second-order valence-corrected chi connectivity index (χ2v) is 14.4. The van der Waals surface area contributed by atoms with Gasteiger partial charge in [-0.15, -0.1) is 13.2 Å². The molecule has 0 atom stereocenters. The maximum atomic E-state index is 14.1. The van der Waals surface area contributed by atoms with Gasteiger partial charge in [0, 0.05) is 52.9 Å². The predicted octanol–water partition coefficient (Wildman–Crippen LogP) is 6.03. The first kappa shape index (κ1) is 36.1. The van der Waals surface area contributed by atoms with Crippen LogP contribution in [0.5, 0.6) is 5.75 Å². The molecule has 4 aromatic carbocycles. The highest BCUT2D eigenvalue weighted by Crippen LogP contribution is 2.52. The number of aliphatic hydroxyl groups is 2. The molecular weight excluding hydrogens is 700 g/mol. The standard InChI is InChI=1S/C44H44N2O4.BrH/c1-8-10-22-45-34-20-18-28-27(26-47)14-12-15-30(28)39(34)43(3,4)37(45)24-32-41(48)33(42(32)49)25-38-44(5,6)40-31-16-13-17-36(50-7)29(31)19-21-35(40)46(38)23-11-9-2;/h8-9,12-21,24-25,47H,1-2,10-11,22-23,26H2,3-7H3;1H. The van der Waals surface area contributed by atoms with Crippen molar-refractivity contribution < 1.29 is 41.3 Å². The van der Waals surface area contributed by atoms with Crippen LogP contribution in [0.4, 0.5) is 11.4 Å². The molecule has 0 unspecified atom stereocenters. The van der Waals surface area contributed by atoms with Gasteiger partial charge < -0.3 is 36.8 Å². The Bertz CT molecular complexity index is 2270. The van der Waals surface area contributed by atoms with Crippen LogP contribution in [0.25, 0.3) is 21.5 Å². The van der Waals surface area contributed by atoms with E-state index in [0.29, 0.717) is 24.2 Å². The van der Waals surface area contributed by atoms with Crippen LogP contribution in [0.2, 0.25) is 0 Å². The molecule has 0 bridgehead atoms. The first-order valence-corrected chi connectivity index (χ1v) is 17.3. The van der Waals surface area contributed by atoms with E-state index in [9.17, 15) is 15.0 Å². The van der Waals surface area contributed by atoms with E-state index in [2.05, 4.69) is 86.7 Å². The zero-order valence-corrected chi connectivity index (χ0v) is 31.6. The van der Waals surface area contributed by atoms with Crippen molar-refractivity contribution >= 4 is 44.4 Å². The maximum Gasteiger partial charge on any atom is 0.210 e. The summed E-state index contributed by atoms with van der Waals surface area (Å²) < 4.78 is 7.97. The Labute approximate surface area is 310 Å². The number of ketones is 1. The smallest absolute Gasteiger partial charge is 0.210 e. The number of anilines is 1. The summed E-state index contributed by atoms with van der Waals surface area (Å²) in [6.45, 7) is 17.9. The highest BCUT2D eigenvalue weighted by Gasteiger charge is 2.48. The molecule has 0 aromatic heterocycles. The molecule has 0 amide bonds. The monoisotopic (exact) mass is 744 g/mol. The lowest BCUT2D eigenvalue weighted by Gasteiger charge is -2.29. The van der Waals surface area contributed by atoms with Crippen molar-refractivity contribution in [3.63, 3.8) is 0 Å². The van der Waals surface area contributed by atoms with Gasteiger partial charge in [-0.05, 0) is 71.8 Å². The molecule has 1 aliphatic carbocycles. The van der Waals surface area contributed by atoms with E-state index in [-0.39, 0.29) is 35.1 Å². The number of benzene rings is 4. The number of halogens is 1. The number of fused-ring (bicyclic) bond motifs is 6. The number of hydrogen-bond acceptors (Lipinski definition) is 5. The third-order valence-electron chi connectivity index (χ3n) is 10.9. The highest BCUT2D eigenvalue weighted by molar-refractivity contribution is 6.24. The van der Waals surface area contributed by atoms with Gasteiger partial charge in [-0.25, -0.2) is 0 Å². The van der Waals surface area contributed by atoms with Crippen LogP contribution in [0, 0.1) is 0 Å². The largest absolute Gasteiger partial charge is 1.00 e. The first-order chi connectivity index (χ1) is 24.0. The van der Waals surface area contributed by atoms with E-state index in [1.54, 1.807) is 7.11 Å². The van der Waals surface area contributed by atoms with Gasteiger partial charge >= 0.3 is 0 Å². The van der Waals surface area contributed by atoms with E-state index in [4.69, 9.17) is 4.74 Å². The highest BCUT2D eigenvalue weighted by atomic mass is 79.9. The third-order valence-corrected chi connectivity index (χ3v) is 10.9. The molecule has 0 spiro atoms. The Balaban J connectivity index is 0.00000448. The maximum absolute atomic E-state index is 14.1. The number of methoxy groups -OCH3 is 1. The number of nitrogens with zero attached hydrogens (tertiary/aromatic N) is 2. The minimum atomic E-state index is -0.482. The first-order valence-electron chi connectivity index (χ1n) is 17.3. The van der Waals surface area contributed by atoms with E-state index in [0.717, 1.165) is 74.0 Å². The van der Waals surface area contributed by atoms with Crippen LogP contribution >= 0.6 is 0 Å². The molecule has 0 fully saturated rings. The van der Waals surface area contributed by atoms with Crippen molar-refractivity contribution in [2.75, 3.05) is 25.1 Å². The number of carbonyl (C=O) groups excluding carboxylic acids is 1. The molecule has 2 N–H and O–H groups in total. The van der Waals surface area contributed by atoms with Crippen molar-refractivity contribution in [3.05, 3.63) is 137 Å². The Morgan fingerprint density at radius 3 is 2.20 bits per heavy atom. The lowest BCUT2D eigenvalue weighted by molar-refractivity contribution is -0.436. The van der Waals surface area contributed by atoms with E-state index in [1.807, 2.05) is 48.6 Å². The normalized spacial score (nSPS) is 18.7. The lowest BCUT2D eigenvalue weighted by Crippen LogP contribution is -3.00. The van der Waals surface area contributed by atoms with Gasteiger partial charge in [0.15, 0.2) is 12.3 Å². The molecule has 0 saturated heterocycles. The van der Waals surface area contributed by atoms with Gasteiger partial charge in [0.05, 0.1) is 30.3 Å². The van der Waals surface area contributed by atoms with Crippen LogP contribution in [-0.2, 0) is 22.2 Å². The summed E-state index contributed by atoms with van der Waals surface area (Å²) in [4.78, 5) is 16.3. The van der Waals surface area contributed by atoms with Crippen molar-refractivity contribution in [1.82, 2.24) is 0 Å². The Morgan fingerprint density at radius 1 is 0.843 bits per heavy atom. The minimum absolute atomic E-state index is 0. The quantitative estimate of drug-likeness (QED) is 0.118. The van der Waals surface area contributed by atoms with Crippen molar-refractivity contribution in [2.24, 2.45) is 0 Å². The van der Waals surface area contributed by atoms with Gasteiger partial charge in [0.1, 0.15) is 11.5 Å². The molecule has 0 radical (unpaired) electrons. The molecule has 0 saturated carbocycles. The molecular formula is C44H45BrN2O4. The van der Waals surface area contributed by atoms with Crippen LogP contribution in [0.15, 0.2) is 121 Å². The molecule has 262 valence electrons. The summed E-state index contributed by atoms with van der Waals surface area (Å²) in [5.74, 6) is 0.658. The molecule has 7 rings (SSSR count). The van der Waals surface area contributed by atoms with E-state index >= 15 is 0 Å². The SMILES string of the molecule is C=CCCN1/C(=C/C2=C(O)C(=C/C3=[N+](CCC=C)c4ccc5c(OC)cccc5c4C3(C)C)/C2=O)C(C)(C)c2c1ccc1c(CO)cccc21.[Br-]. The molecule has 51 heavy (non-hydrogen) atoms. The molecule has 6 nitrogen and oxygen atoms in total. The van der Waals surface area contributed by atoms with Crippen LogP contribution < -0.4 is 26.6 Å². The number of allylic oxidation sites excluding steroid dienone is 5. The molecule has 2 heterocycles. The summed E-state index contributed by atoms with van der Waals surface area (Å²) in [7, 11) is 1.69. The Morgan fingerprint density at radius 2 is 1.53 bits per heavy atom. The summed E-state index contributed by atoms with van der Waals surface area (Å²) >= 11 is 0. The van der Waals surface area contributed by atoms with Gasteiger partial charge in [-0.1, -0.05) is 62.4 Å². The number of carbonyl (C=O) groups is 1. The van der Waals surface area contributed by atoms with Gasteiger partial charge in [0.25, 0.3) is 0 Å². The second-order valence-electron chi connectivity index (χ2n) is 14.4. The fourth-order valence-electron chi connectivity index (χ4n) is 8.42. The zero-order valence-electron chi connectivity index (χ0n) is 30.0. The predicted molar refractivity (Wildman–Crippen MR) is 204 cm³/mol. The molecule has 2 aliphatic heterocycles. The van der Waals surface area contributed by atoms with Crippen molar-refractivity contribution in [2.45, 2.75) is 58.0 Å². The average Bonchev–Trinajstić information content (AvgIpc) is 3.47. The summed E-state index contributed by atoms with van der Waals surface area (Å²) in [6.07, 6.45) is 9.09. The van der Waals surface area contributed by atoms with Crippen LogP contribution in [0.3, 0.4) is 0 Å². The fourth-order valence-corrected chi connectivity index (χ4v) is 8.42. The molecule has 3 aliphatic rings. The molecule has 4 aromatic rings. The number of Topliss-reactive ketones (excluding diaryl/α,β-unsaturated/α-hetero) is 1. The van der Waals surface area contributed by atoms with E-state index < -0.39 is 10.8 Å². The number of ether oxygens (including phenoxy) is 1. The summed E-state index contributed by atoms with van der Waals surface area (Å²) in [5, 5.41) is 26.0. The van der Waals surface area contributed by atoms with E-state index in [1.165, 1.54) is 5.56 Å². The fraction of sp³-hybridized carbons (Fsp3) is 0.273. The Kier molecular flexibility index (Phi) is 9.51. The number of rotatable bonds is 10. The van der Waals surface area contributed by atoms with Crippen molar-refractivity contribution in [3.8, 4) is 5.75 Å². The topological polar surface area (TPSA) is 73.0 Å². The van der Waals surface area contributed by atoms with Crippen LogP contribution in [0.1, 0.15) is 57.2 Å². The van der Waals surface area contributed by atoms with Crippen molar-refractivity contribution in [1.29, 1.82) is 0 Å². The molecule has 7 heteroatoms. The third kappa shape index (κ3) is 5.40. The Hall–Kier alpha value is -4.72.